The minimum atomic E-state index is -0.624. The summed E-state index contributed by atoms with van der Waals surface area (Å²) in [6.07, 6.45) is 0. The molecule has 0 aliphatic carbocycles. The first kappa shape index (κ1) is 22.7. The highest BCUT2D eigenvalue weighted by molar-refractivity contribution is 5.97. The van der Waals surface area contributed by atoms with Gasteiger partial charge in [-0.25, -0.2) is 4.79 Å². The molecule has 1 heterocycles. The number of hydrogen-bond acceptors (Lipinski definition) is 6. The maximum atomic E-state index is 12.2. The van der Waals surface area contributed by atoms with Crippen molar-refractivity contribution >= 4 is 29.4 Å². The number of amides is 2. The Bertz CT molecular complexity index is 964. The molecule has 0 bridgehead atoms. The molecule has 0 unspecified atom stereocenters. The average Bonchev–Trinajstić information content (AvgIpc) is 3.00. The first-order valence-electron chi connectivity index (χ1n) is 9.38. The summed E-state index contributed by atoms with van der Waals surface area (Å²) in [5.41, 5.74) is 2.47. The third kappa shape index (κ3) is 5.69. The molecule has 0 aliphatic heterocycles. The number of benzene rings is 1. The number of aromatic nitrogens is 1. The van der Waals surface area contributed by atoms with Crippen LogP contribution < -0.4 is 10.6 Å². The largest absolute Gasteiger partial charge is 0.462 e. The van der Waals surface area contributed by atoms with E-state index >= 15 is 0 Å². The summed E-state index contributed by atoms with van der Waals surface area (Å²) in [5, 5.41) is 5.07. The predicted molar refractivity (Wildman–Crippen MR) is 109 cm³/mol. The summed E-state index contributed by atoms with van der Waals surface area (Å²) in [5.74, 6) is -1.90. The molecule has 0 saturated carbocycles. The lowest BCUT2D eigenvalue weighted by Gasteiger charge is -2.11. The van der Waals surface area contributed by atoms with Crippen LogP contribution in [0, 0.1) is 13.8 Å². The van der Waals surface area contributed by atoms with Crippen molar-refractivity contribution in [3.05, 3.63) is 52.8 Å². The highest BCUT2D eigenvalue weighted by atomic mass is 16.5. The Balaban J connectivity index is 1.93. The van der Waals surface area contributed by atoms with Crippen molar-refractivity contribution in [3.8, 4) is 0 Å². The smallest absolute Gasteiger partial charge is 0.339 e. The van der Waals surface area contributed by atoms with Gasteiger partial charge >= 0.3 is 11.9 Å². The monoisotopic (exact) mass is 415 g/mol. The molecule has 2 rings (SSSR count). The van der Waals surface area contributed by atoms with Gasteiger partial charge in [0.05, 0.1) is 12.2 Å². The van der Waals surface area contributed by atoms with E-state index in [1.54, 1.807) is 49.6 Å². The number of esters is 2. The van der Waals surface area contributed by atoms with Crippen molar-refractivity contribution in [1.82, 2.24) is 9.88 Å². The van der Waals surface area contributed by atoms with Gasteiger partial charge < -0.3 is 24.7 Å². The molecule has 9 nitrogen and oxygen atoms in total. The van der Waals surface area contributed by atoms with Crippen LogP contribution in [0.4, 0.5) is 5.69 Å². The van der Waals surface area contributed by atoms with E-state index in [2.05, 4.69) is 10.6 Å². The molecular formula is C21H25N3O6. The highest BCUT2D eigenvalue weighted by Gasteiger charge is 2.19. The average molecular weight is 415 g/mol. The molecule has 2 amide bonds. The topological polar surface area (TPSA) is 116 Å². The first-order chi connectivity index (χ1) is 14.3. The summed E-state index contributed by atoms with van der Waals surface area (Å²) in [6, 6.07) is 8.02. The van der Waals surface area contributed by atoms with Crippen molar-refractivity contribution in [2.75, 3.05) is 25.6 Å². The van der Waals surface area contributed by atoms with Crippen LogP contribution in [-0.2, 0) is 25.6 Å². The fraction of sp³-hybridized carbons (Fsp3) is 0.333. The summed E-state index contributed by atoms with van der Waals surface area (Å²) in [6.45, 7) is 4.82. The molecule has 30 heavy (non-hydrogen) atoms. The number of anilines is 1. The van der Waals surface area contributed by atoms with Crippen LogP contribution in [0.2, 0.25) is 0 Å². The van der Waals surface area contributed by atoms with Gasteiger partial charge in [-0.1, -0.05) is 6.07 Å². The lowest BCUT2D eigenvalue weighted by molar-refractivity contribution is -0.147. The fourth-order valence-corrected chi connectivity index (χ4v) is 2.86. The van der Waals surface area contributed by atoms with E-state index in [9.17, 15) is 19.2 Å². The first-order valence-corrected chi connectivity index (χ1v) is 9.38. The molecule has 0 saturated heterocycles. The van der Waals surface area contributed by atoms with Gasteiger partial charge in [0, 0.05) is 29.7 Å². The highest BCUT2D eigenvalue weighted by Crippen LogP contribution is 2.16. The van der Waals surface area contributed by atoms with E-state index in [4.69, 9.17) is 9.47 Å². The van der Waals surface area contributed by atoms with Crippen LogP contribution in [0.25, 0.3) is 0 Å². The molecule has 2 N–H and O–H groups in total. The summed E-state index contributed by atoms with van der Waals surface area (Å²) in [7, 11) is 1.51. The van der Waals surface area contributed by atoms with Gasteiger partial charge in [0.2, 0.25) is 0 Å². The van der Waals surface area contributed by atoms with Gasteiger partial charge in [0.25, 0.3) is 11.8 Å². The van der Waals surface area contributed by atoms with Gasteiger partial charge in [-0.15, -0.1) is 0 Å². The van der Waals surface area contributed by atoms with Crippen LogP contribution in [0.3, 0.4) is 0 Å². The summed E-state index contributed by atoms with van der Waals surface area (Å²) < 4.78 is 11.7. The standard InChI is InChI=1S/C21H25N3O6/c1-5-29-21(28)17-9-13(2)24(14(17)3)11-19(26)30-12-18(25)23-16-8-6-7-15(10-16)20(27)22-4/h6-10H,5,11-12H2,1-4H3,(H,22,27)(H,23,25). The number of nitrogens with one attached hydrogen (secondary N) is 2. The third-order valence-corrected chi connectivity index (χ3v) is 4.36. The third-order valence-electron chi connectivity index (χ3n) is 4.36. The molecule has 0 fully saturated rings. The van der Waals surface area contributed by atoms with Crippen LogP contribution >= 0.6 is 0 Å². The molecule has 1 aromatic carbocycles. The number of hydrogen-bond donors (Lipinski definition) is 2. The Hall–Kier alpha value is -3.62. The molecule has 2 aromatic rings. The molecule has 1 aromatic heterocycles. The Morgan fingerprint density at radius 2 is 1.80 bits per heavy atom. The minimum absolute atomic E-state index is 0.142. The van der Waals surface area contributed by atoms with Crippen LogP contribution in [0.5, 0.6) is 0 Å². The van der Waals surface area contributed by atoms with Gasteiger partial charge in [-0.05, 0) is 45.0 Å². The van der Waals surface area contributed by atoms with Crippen molar-refractivity contribution in [2.24, 2.45) is 0 Å². The molecule has 0 spiro atoms. The minimum Gasteiger partial charge on any atom is -0.462 e. The number of carbonyl (C=O) groups excluding carboxylic acids is 4. The van der Waals surface area contributed by atoms with Gasteiger partial charge in [0.1, 0.15) is 6.54 Å². The van der Waals surface area contributed by atoms with Gasteiger partial charge in [-0.3, -0.25) is 14.4 Å². The van der Waals surface area contributed by atoms with Crippen molar-refractivity contribution in [1.29, 1.82) is 0 Å². The normalized spacial score (nSPS) is 10.3. The van der Waals surface area contributed by atoms with Gasteiger partial charge in [-0.2, -0.15) is 0 Å². The zero-order valence-corrected chi connectivity index (χ0v) is 17.4. The number of aryl methyl sites for hydroxylation is 1. The molecule has 0 radical (unpaired) electrons. The maximum absolute atomic E-state index is 12.2. The SMILES string of the molecule is CCOC(=O)c1cc(C)n(CC(=O)OCC(=O)Nc2cccc(C(=O)NC)c2)c1C. The molecular weight excluding hydrogens is 390 g/mol. The zero-order chi connectivity index (χ0) is 22.3. The molecule has 0 aliphatic rings. The van der Waals surface area contributed by atoms with E-state index in [0.717, 1.165) is 0 Å². The second-order valence-corrected chi connectivity index (χ2v) is 6.46. The number of rotatable bonds is 8. The van der Waals surface area contributed by atoms with E-state index in [0.29, 0.717) is 28.2 Å². The Morgan fingerprint density at radius 1 is 1.07 bits per heavy atom. The molecule has 160 valence electrons. The van der Waals surface area contributed by atoms with E-state index in [1.807, 2.05) is 0 Å². The van der Waals surface area contributed by atoms with E-state index < -0.39 is 24.5 Å². The predicted octanol–water partition coefficient (Wildman–Crippen LogP) is 1.82. The zero-order valence-electron chi connectivity index (χ0n) is 17.4. The lowest BCUT2D eigenvalue weighted by atomic mass is 10.2. The fourth-order valence-electron chi connectivity index (χ4n) is 2.86. The lowest BCUT2D eigenvalue weighted by Crippen LogP contribution is -2.24. The Kier molecular flexibility index (Phi) is 7.74. The van der Waals surface area contributed by atoms with Crippen LogP contribution in [0.1, 0.15) is 39.0 Å². The van der Waals surface area contributed by atoms with Crippen molar-refractivity contribution < 1.29 is 28.7 Å². The van der Waals surface area contributed by atoms with Crippen molar-refractivity contribution in [2.45, 2.75) is 27.3 Å². The van der Waals surface area contributed by atoms with Crippen LogP contribution in [-0.4, -0.2) is 48.6 Å². The van der Waals surface area contributed by atoms with Crippen LogP contribution in [0.15, 0.2) is 30.3 Å². The number of carbonyl (C=O) groups is 4. The number of ether oxygens (including phenoxy) is 2. The van der Waals surface area contributed by atoms with E-state index in [1.165, 1.54) is 13.1 Å². The molecule has 9 heteroatoms. The Labute approximate surface area is 174 Å². The Morgan fingerprint density at radius 3 is 2.47 bits per heavy atom. The summed E-state index contributed by atoms with van der Waals surface area (Å²) >= 11 is 0. The number of nitrogens with zero attached hydrogens (tertiary/aromatic N) is 1. The second-order valence-electron chi connectivity index (χ2n) is 6.46. The summed E-state index contributed by atoms with van der Waals surface area (Å²) in [4.78, 5) is 47.8. The molecule has 0 atom stereocenters. The second kappa shape index (κ2) is 10.2. The quantitative estimate of drug-likeness (QED) is 0.636. The van der Waals surface area contributed by atoms with Crippen molar-refractivity contribution in [3.63, 3.8) is 0 Å². The van der Waals surface area contributed by atoms with E-state index in [-0.39, 0.29) is 19.1 Å². The van der Waals surface area contributed by atoms with Gasteiger partial charge in [0.15, 0.2) is 6.61 Å². The maximum Gasteiger partial charge on any atom is 0.339 e.